The number of para-hydroxylation sites is 1. The first-order valence-electron chi connectivity index (χ1n) is 13.9. The highest BCUT2D eigenvalue weighted by Crippen LogP contribution is 2.34. The number of hydrogen-bond donors (Lipinski definition) is 1. The maximum atomic E-state index is 12.9. The number of benzene rings is 2. The van der Waals surface area contributed by atoms with Crippen LogP contribution in [-0.2, 0) is 11.3 Å². The molecular formula is C31H33N5O2S. The highest BCUT2D eigenvalue weighted by Gasteiger charge is 2.35. The van der Waals surface area contributed by atoms with Crippen molar-refractivity contribution in [3.8, 4) is 5.75 Å². The topological polar surface area (TPSA) is 83.0 Å². The van der Waals surface area contributed by atoms with Gasteiger partial charge in [-0.25, -0.2) is 0 Å². The number of thioether (sulfide) groups is 1. The summed E-state index contributed by atoms with van der Waals surface area (Å²) in [6.45, 7) is 3.27. The van der Waals surface area contributed by atoms with Gasteiger partial charge in [0, 0.05) is 22.7 Å². The third kappa shape index (κ3) is 5.30. The normalized spacial score (nSPS) is 19.0. The molecule has 0 spiro atoms. The van der Waals surface area contributed by atoms with Gasteiger partial charge in [-0.05, 0) is 73.2 Å². The van der Waals surface area contributed by atoms with Gasteiger partial charge in [0.25, 0.3) is 5.91 Å². The monoisotopic (exact) mass is 539 g/mol. The third-order valence-electron chi connectivity index (χ3n) is 7.64. The van der Waals surface area contributed by atoms with Crippen LogP contribution in [0, 0.1) is 5.41 Å². The lowest BCUT2D eigenvalue weighted by Gasteiger charge is -2.22. The molecule has 1 fully saturated rings. The minimum absolute atomic E-state index is 0.0699. The molecular weight excluding hydrogens is 506 g/mol. The van der Waals surface area contributed by atoms with E-state index in [1.165, 1.54) is 54.4 Å². The molecule has 0 saturated heterocycles. The minimum Gasteiger partial charge on any atom is -0.492 e. The maximum absolute atomic E-state index is 12.9. The smallest absolute Gasteiger partial charge is 0.283 e. The van der Waals surface area contributed by atoms with Gasteiger partial charge in [0.05, 0.1) is 12.1 Å². The third-order valence-corrected chi connectivity index (χ3v) is 8.61. The molecule has 39 heavy (non-hydrogen) atoms. The lowest BCUT2D eigenvalue weighted by molar-refractivity contribution is -0.114. The number of amidine groups is 2. The van der Waals surface area contributed by atoms with Crippen LogP contribution in [0.3, 0.4) is 0 Å². The number of nitrogens with one attached hydrogen (secondary N) is 1. The summed E-state index contributed by atoms with van der Waals surface area (Å²) in [5, 5.41) is 17.1. The Labute approximate surface area is 233 Å². The molecule has 0 unspecified atom stereocenters. The van der Waals surface area contributed by atoms with Crippen LogP contribution in [-0.4, -0.2) is 38.1 Å². The number of carbonyl (C=O) groups excluding carboxylic acids is 1. The van der Waals surface area contributed by atoms with Crippen LogP contribution in [0.25, 0.3) is 17.0 Å². The number of fused-ring (bicyclic) bond motifs is 2. The summed E-state index contributed by atoms with van der Waals surface area (Å²) >= 11 is 1.38. The van der Waals surface area contributed by atoms with E-state index in [4.69, 9.17) is 10.1 Å². The van der Waals surface area contributed by atoms with Gasteiger partial charge in [0.1, 0.15) is 17.4 Å². The van der Waals surface area contributed by atoms with E-state index in [9.17, 15) is 4.79 Å². The summed E-state index contributed by atoms with van der Waals surface area (Å²) in [6.07, 6.45) is 12.2. The number of ether oxygens (including phenoxy) is 1. The molecule has 1 aliphatic carbocycles. The Morgan fingerprint density at radius 3 is 2.69 bits per heavy atom. The largest absolute Gasteiger partial charge is 0.492 e. The summed E-state index contributed by atoms with van der Waals surface area (Å²) in [6, 6.07) is 16.7. The van der Waals surface area contributed by atoms with Crippen molar-refractivity contribution in [2.45, 2.75) is 64.3 Å². The molecule has 0 radical (unpaired) electrons. The molecule has 0 bridgehead atoms. The van der Waals surface area contributed by atoms with Gasteiger partial charge in [-0.3, -0.25) is 10.2 Å². The van der Waals surface area contributed by atoms with Crippen molar-refractivity contribution in [1.82, 2.24) is 9.58 Å². The number of nitrogens with zero attached hydrogens (tertiary/aromatic N) is 4. The lowest BCUT2D eigenvalue weighted by Crippen LogP contribution is -2.35. The standard InChI is InChI=1S/C31H33N5O2S/c1-2-8-28-34-36-29(32)26(30(37)33-31(36)39-28)19-23-20-35(27-12-7-6-11-25(23)27)17-18-38-24-15-13-22(14-16-24)21-9-4-3-5-10-21/h6-7,11-16,19-21,32H,2-5,8-10,17-18H2,1H3/b26-19+,32-29?. The predicted molar refractivity (Wildman–Crippen MR) is 160 cm³/mol. The molecule has 1 N–H and O–H groups in total. The van der Waals surface area contributed by atoms with Gasteiger partial charge in [0.2, 0.25) is 5.17 Å². The Hall–Kier alpha value is -3.65. The van der Waals surface area contributed by atoms with Crippen molar-refractivity contribution in [2.24, 2.45) is 10.1 Å². The summed E-state index contributed by atoms with van der Waals surface area (Å²) in [7, 11) is 0. The Bertz CT molecular complexity index is 1490. The zero-order valence-electron chi connectivity index (χ0n) is 22.2. The summed E-state index contributed by atoms with van der Waals surface area (Å²) < 4.78 is 8.25. The first kappa shape index (κ1) is 25.6. The number of aliphatic imine (C=N–C) groups is 1. The van der Waals surface area contributed by atoms with E-state index in [1.807, 2.05) is 24.4 Å². The second-order valence-corrected chi connectivity index (χ2v) is 11.4. The van der Waals surface area contributed by atoms with Crippen LogP contribution in [0.2, 0.25) is 0 Å². The fourth-order valence-corrected chi connectivity index (χ4v) is 6.60. The lowest BCUT2D eigenvalue weighted by atomic mass is 9.84. The van der Waals surface area contributed by atoms with E-state index < -0.39 is 5.91 Å². The molecule has 1 saturated carbocycles. The molecule has 1 amide bonds. The zero-order valence-corrected chi connectivity index (χ0v) is 23.0. The fourth-order valence-electron chi connectivity index (χ4n) is 5.61. The van der Waals surface area contributed by atoms with Gasteiger partial charge < -0.3 is 9.30 Å². The number of hydrazone groups is 1. The van der Waals surface area contributed by atoms with E-state index in [0.717, 1.165) is 40.1 Å². The molecule has 6 rings (SSSR count). The Morgan fingerprint density at radius 2 is 1.90 bits per heavy atom. The second-order valence-electron chi connectivity index (χ2n) is 10.3. The van der Waals surface area contributed by atoms with Gasteiger partial charge >= 0.3 is 0 Å². The number of aromatic nitrogens is 1. The predicted octanol–water partition coefficient (Wildman–Crippen LogP) is 7.19. The molecule has 3 aliphatic rings. The average Bonchev–Trinajstić information content (AvgIpc) is 3.53. The summed E-state index contributed by atoms with van der Waals surface area (Å²) in [4.78, 5) is 17.1. The summed E-state index contributed by atoms with van der Waals surface area (Å²) in [5.74, 6) is 1.24. The van der Waals surface area contributed by atoms with Gasteiger partial charge in [0.15, 0.2) is 5.84 Å². The molecule has 0 atom stereocenters. The molecule has 2 aromatic carbocycles. The highest BCUT2D eigenvalue weighted by molar-refractivity contribution is 8.26. The van der Waals surface area contributed by atoms with Crippen molar-refractivity contribution in [3.63, 3.8) is 0 Å². The van der Waals surface area contributed by atoms with E-state index in [2.05, 4.69) is 51.9 Å². The Morgan fingerprint density at radius 1 is 1.10 bits per heavy atom. The van der Waals surface area contributed by atoms with Gasteiger partial charge in [-0.2, -0.15) is 15.1 Å². The first-order valence-corrected chi connectivity index (χ1v) is 14.7. The molecule has 3 aromatic rings. The van der Waals surface area contributed by atoms with E-state index in [-0.39, 0.29) is 11.4 Å². The Balaban J connectivity index is 1.18. The van der Waals surface area contributed by atoms with Crippen LogP contribution < -0.4 is 4.74 Å². The van der Waals surface area contributed by atoms with Gasteiger partial charge in [-0.15, -0.1) is 0 Å². The van der Waals surface area contributed by atoms with Crippen LogP contribution >= 0.6 is 11.8 Å². The molecule has 2 aliphatic heterocycles. The van der Waals surface area contributed by atoms with Crippen molar-refractivity contribution in [3.05, 3.63) is 71.4 Å². The van der Waals surface area contributed by atoms with Crippen LogP contribution in [0.15, 0.2) is 70.4 Å². The van der Waals surface area contributed by atoms with Crippen molar-refractivity contribution < 1.29 is 9.53 Å². The fraction of sp³-hybridized carbons (Fsp3) is 0.355. The number of rotatable bonds is 8. The van der Waals surface area contributed by atoms with Crippen molar-refractivity contribution in [2.75, 3.05) is 6.61 Å². The Kier molecular flexibility index (Phi) is 7.37. The highest BCUT2D eigenvalue weighted by atomic mass is 32.2. The van der Waals surface area contributed by atoms with Crippen LogP contribution in [0.4, 0.5) is 0 Å². The van der Waals surface area contributed by atoms with Crippen molar-refractivity contribution in [1.29, 1.82) is 5.41 Å². The molecule has 7 nitrogen and oxygen atoms in total. The molecule has 8 heteroatoms. The van der Waals surface area contributed by atoms with Crippen molar-refractivity contribution >= 4 is 50.7 Å². The summed E-state index contributed by atoms with van der Waals surface area (Å²) in [5.41, 5.74) is 3.60. The number of carbonyl (C=O) groups is 1. The van der Waals surface area contributed by atoms with Gasteiger partial charge in [-0.1, -0.05) is 56.5 Å². The second kappa shape index (κ2) is 11.2. The SMILES string of the molecule is CCCC1=NN2C(=N)/C(=C\c3cn(CCOc4ccc(C5CCCCC5)cc4)c4ccccc34)C(=O)N=C2S1. The van der Waals surface area contributed by atoms with E-state index in [0.29, 0.717) is 24.2 Å². The maximum Gasteiger partial charge on any atom is 0.283 e. The van der Waals surface area contributed by atoms with E-state index >= 15 is 0 Å². The molecule has 3 heterocycles. The number of hydrogen-bond acceptors (Lipinski definition) is 5. The molecule has 1 aromatic heterocycles. The van der Waals surface area contributed by atoms with Crippen LogP contribution in [0.5, 0.6) is 5.75 Å². The average molecular weight is 540 g/mol. The first-order chi connectivity index (χ1) is 19.1. The molecule has 200 valence electrons. The number of amides is 1. The zero-order chi connectivity index (χ0) is 26.8. The van der Waals surface area contributed by atoms with Crippen LogP contribution in [0.1, 0.15) is 68.9 Å². The van der Waals surface area contributed by atoms with E-state index in [1.54, 1.807) is 6.08 Å². The quantitative estimate of drug-likeness (QED) is 0.307. The minimum atomic E-state index is -0.400.